The van der Waals surface area contributed by atoms with Gasteiger partial charge in [0.1, 0.15) is 5.75 Å². The van der Waals surface area contributed by atoms with Crippen molar-refractivity contribution in [2.45, 2.75) is 71.3 Å². The van der Waals surface area contributed by atoms with Crippen molar-refractivity contribution in [3.05, 3.63) is 28.3 Å². The van der Waals surface area contributed by atoms with Gasteiger partial charge < -0.3 is 9.47 Å². The Morgan fingerprint density at radius 3 is 2.52 bits per heavy atom. The average Bonchev–Trinajstić information content (AvgIpc) is 3.21. The van der Waals surface area contributed by atoms with E-state index in [1.807, 2.05) is 13.8 Å². The van der Waals surface area contributed by atoms with Gasteiger partial charge in [-0.2, -0.15) is 13.2 Å². The van der Waals surface area contributed by atoms with E-state index >= 15 is 0 Å². The summed E-state index contributed by atoms with van der Waals surface area (Å²) in [6.07, 6.45) is -1.35. The van der Waals surface area contributed by atoms with Crippen LogP contribution in [0.3, 0.4) is 0 Å². The number of carbonyl (C=O) groups excluding carboxylic acids is 2. The summed E-state index contributed by atoms with van der Waals surface area (Å²) in [5, 5.41) is -0.246. The average molecular weight is 460 g/mol. The maximum atomic E-state index is 13.8. The molecule has 0 spiro atoms. The largest absolute Gasteiger partial charge is 0.493 e. The number of benzene rings is 1. The Morgan fingerprint density at radius 2 is 1.94 bits per heavy atom. The molecule has 2 aliphatic rings. The van der Waals surface area contributed by atoms with E-state index in [0.29, 0.717) is 30.6 Å². The van der Waals surface area contributed by atoms with Gasteiger partial charge in [0.25, 0.3) is 5.24 Å². The molecule has 1 fully saturated rings. The van der Waals surface area contributed by atoms with Gasteiger partial charge in [-0.1, -0.05) is 38.5 Å². The van der Waals surface area contributed by atoms with E-state index in [1.165, 1.54) is 4.90 Å². The van der Waals surface area contributed by atoms with Crippen LogP contribution in [0.4, 0.5) is 18.0 Å². The number of imide groups is 1. The van der Waals surface area contributed by atoms with E-state index < -0.39 is 11.8 Å². The quantitative estimate of drug-likeness (QED) is 0.465. The summed E-state index contributed by atoms with van der Waals surface area (Å²) in [4.78, 5) is 24.7. The molecule has 1 aromatic rings. The van der Waals surface area contributed by atoms with Crippen LogP contribution in [0.5, 0.6) is 5.75 Å². The molecule has 2 aliphatic heterocycles. The topological polar surface area (TPSA) is 55.8 Å². The molecule has 0 aliphatic carbocycles. The van der Waals surface area contributed by atoms with Gasteiger partial charge in [-0.3, -0.25) is 14.5 Å². The van der Waals surface area contributed by atoms with Crippen LogP contribution >= 0.6 is 11.8 Å². The van der Waals surface area contributed by atoms with E-state index in [2.05, 4.69) is 0 Å². The first-order valence-electron chi connectivity index (χ1n) is 10.6. The first-order chi connectivity index (χ1) is 14.6. The molecule has 0 saturated carbocycles. The van der Waals surface area contributed by atoms with Crippen LogP contribution in [0.1, 0.15) is 62.3 Å². The molecule has 3 rings (SSSR count). The zero-order chi connectivity index (χ0) is 22.8. The van der Waals surface area contributed by atoms with Crippen molar-refractivity contribution in [1.29, 1.82) is 0 Å². The molecule has 2 amide bonds. The standard InChI is InChI=1S/C22H28F3NO4S/c1-4-7-14-11-17-16(12-30-21(17,3)22(23,24)25)15(8-5-2)19(14)29-10-6-9-26-18(27)13-31-20(26)28/h11H,4-10,12-13H2,1-3H3. The molecular formula is C22H28F3NO4S. The fourth-order valence-corrected chi connectivity index (χ4v) is 4.83. The van der Waals surface area contributed by atoms with Crippen LogP contribution in [-0.2, 0) is 34.6 Å². The van der Waals surface area contributed by atoms with Crippen molar-refractivity contribution >= 4 is 22.9 Å². The zero-order valence-electron chi connectivity index (χ0n) is 18.1. The number of hydrogen-bond donors (Lipinski definition) is 0. The zero-order valence-corrected chi connectivity index (χ0v) is 18.9. The third-order valence-corrected chi connectivity index (χ3v) is 6.62. The van der Waals surface area contributed by atoms with E-state index in [4.69, 9.17) is 9.47 Å². The number of carbonyl (C=O) groups is 2. The molecule has 9 heteroatoms. The summed E-state index contributed by atoms with van der Waals surface area (Å²) in [5.41, 5.74) is -0.0442. The number of rotatable bonds is 9. The minimum atomic E-state index is -4.51. The van der Waals surface area contributed by atoms with Gasteiger partial charge >= 0.3 is 6.18 Å². The first-order valence-corrected chi connectivity index (χ1v) is 11.6. The number of aryl methyl sites for hydroxylation is 1. The number of halogens is 3. The smallest absolute Gasteiger partial charge is 0.421 e. The minimum absolute atomic E-state index is 0.0998. The van der Waals surface area contributed by atoms with Gasteiger partial charge in [-0.05, 0) is 48.9 Å². The Balaban J connectivity index is 1.87. The van der Waals surface area contributed by atoms with Crippen molar-refractivity contribution in [1.82, 2.24) is 4.90 Å². The van der Waals surface area contributed by atoms with Crippen LogP contribution in [0.25, 0.3) is 0 Å². The van der Waals surface area contributed by atoms with E-state index in [9.17, 15) is 22.8 Å². The van der Waals surface area contributed by atoms with Crippen molar-refractivity contribution in [2.24, 2.45) is 0 Å². The lowest BCUT2D eigenvalue weighted by Crippen LogP contribution is -2.39. The summed E-state index contributed by atoms with van der Waals surface area (Å²) in [7, 11) is 0. The van der Waals surface area contributed by atoms with Gasteiger partial charge in [0.05, 0.1) is 19.0 Å². The normalized spacial score (nSPS) is 21.2. The van der Waals surface area contributed by atoms with Gasteiger partial charge in [0.2, 0.25) is 5.91 Å². The number of fused-ring (bicyclic) bond motifs is 1. The number of alkyl halides is 3. The SMILES string of the molecule is CCCc1cc2c(c(CCC)c1OCCCN1C(=O)CSC1=O)COC2(C)C(F)(F)F. The molecule has 0 aromatic heterocycles. The van der Waals surface area contributed by atoms with Crippen LogP contribution in [0.2, 0.25) is 0 Å². The van der Waals surface area contributed by atoms with Gasteiger partial charge in [0, 0.05) is 12.1 Å². The number of thioether (sulfide) groups is 1. The van der Waals surface area contributed by atoms with Gasteiger partial charge in [-0.15, -0.1) is 0 Å². The first kappa shape index (κ1) is 23.9. The predicted octanol–water partition coefficient (Wildman–Crippen LogP) is 5.36. The number of amides is 2. The van der Waals surface area contributed by atoms with Crippen molar-refractivity contribution < 1.29 is 32.2 Å². The maximum absolute atomic E-state index is 13.8. The highest BCUT2D eigenvalue weighted by molar-refractivity contribution is 8.14. The Kier molecular flexibility index (Phi) is 7.25. The second-order valence-corrected chi connectivity index (χ2v) is 8.92. The number of nitrogens with zero attached hydrogens (tertiary/aromatic N) is 1. The van der Waals surface area contributed by atoms with Crippen LogP contribution in [0.15, 0.2) is 6.07 Å². The minimum Gasteiger partial charge on any atom is -0.493 e. The second-order valence-electron chi connectivity index (χ2n) is 7.99. The Morgan fingerprint density at radius 1 is 1.23 bits per heavy atom. The highest BCUT2D eigenvalue weighted by atomic mass is 32.2. The third kappa shape index (κ3) is 4.58. The molecule has 0 radical (unpaired) electrons. The lowest BCUT2D eigenvalue weighted by atomic mass is 9.86. The second kappa shape index (κ2) is 9.40. The molecule has 1 saturated heterocycles. The van der Waals surface area contributed by atoms with Crippen molar-refractivity contribution in [2.75, 3.05) is 18.9 Å². The van der Waals surface area contributed by atoms with Crippen molar-refractivity contribution in [3.63, 3.8) is 0 Å². The summed E-state index contributed by atoms with van der Waals surface area (Å²) < 4.78 is 52.8. The molecule has 1 unspecified atom stereocenters. The number of hydrogen-bond acceptors (Lipinski definition) is 5. The summed E-state index contributed by atoms with van der Waals surface area (Å²) in [6, 6.07) is 1.60. The lowest BCUT2D eigenvalue weighted by molar-refractivity contribution is -0.272. The molecule has 1 aromatic carbocycles. The molecule has 1 atom stereocenters. The summed E-state index contributed by atoms with van der Waals surface area (Å²) in [5.74, 6) is 0.601. The maximum Gasteiger partial charge on any atom is 0.421 e. The molecule has 0 N–H and O–H groups in total. The summed E-state index contributed by atoms with van der Waals surface area (Å²) in [6.45, 7) is 5.48. The van der Waals surface area contributed by atoms with Crippen LogP contribution in [0, 0.1) is 0 Å². The van der Waals surface area contributed by atoms with Gasteiger partial charge in [-0.25, -0.2) is 0 Å². The molecule has 31 heavy (non-hydrogen) atoms. The highest BCUT2D eigenvalue weighted by Crippen LogP contribution is 2.51. The Labute approximate surface area is 184 Å². The fraction of sp³-hybridized carbons (Fsp3) is 0.636. The van der Waals surface area contributed by atoms with Gasteiger partial charge in [0.15, 0.2) is 5.60 Å². The molecule has 2 heterocycles. The molecule has 0 bridgehead atoms. The van der Waals surface area contributed by atoms with Crippen LogP contribution in [-0.4, -0.2) is 41.1 Å². The predicted molar refractivity (Wildman–Crippen MR) is 112 cm³/mol. The number of ether oxygens (including phenoxy) is 2. The molecule has 5 nitrogen and oxygen atoms in total. The summed E-state index contributed by atoms with van der Waals surface area (Å²) >= 11 is 0.992. The fourth-order valence-electron chi connectivity index (χ4n) is 4.08. The van der Waals surface area contributed by atoms with E-state index in [-0.39, 0.29) is 42.2 Å². The Bertz CT molecular complexity index is 842. The van der Waals surface area contributed by atoms with E-state index in [0.717, 1.165) is 42.7 Å². The third-order valence-electron chi connectivity index (χ3n) is 5.77. The van der Waals surface area contributed by atoms with E-state index in [1.54, 1.807) is 6.07 Å². The molecule has 172 valence electrons. The van der Waals surface area contributed by atoms with Crippen molar-refractivity contribution in [3.8, 4) is 5.75 Å². The molecular weight excluding hydrogens is 431 g/mol. The lowest BCUT2D eigenvalue weighted by Gasteiger charge is -2.28. The monoisotopic (exact) mass is 459 g/mol. The van der Waals surface area contributed by atoms with Crippen LogP contribution < -0.4 is 4.74 Å². The Hall–Kier alpha value is -1.74. The highest BCUT2D eigenvalue weighted by Gasteiger charge is 2.57.